The molecule has 0 aliphatic carbocycles. The number of benzene rings is 1. The molecule has 2 aromatic rings. The van der Waals surface area contributed by atoms with Crippen LogP contribution < -0.4 is 5.32 Å². The smallest absolute Gasteiger partial charge is 0.237 e. The van der Waals surface area contributed by atoms with Gasteiger partial charge in [0.15, 0.2) is 5.16 Å². The highest BCUT2D eigenvalue weighted by molar-refractivity contribution is 8.00. The fourth-order valence-electron chi connectivity index (χ4n) is 1.42. The molecule has 0 saturated carbocycles. The van der Waals surface area contributed by atoms with Gasteiger partial charge in [-0.25, -0.2) is 4.39 Å². The molecule has 1 aromatic heterocycles. The largest absolute Gasteiger partial charge is 0.324 e. The highest BCUT2D eigenvalue weighted by Gasteiger charge is 2.18. The number of carbonyl (C=O) groups excluding carboxylic acids is 1. The van der Waals surface area contributed by atoms with E-state index in [4.69, 9.17) is 11.6 Å². The van der Waals surface area contributed by atoms with Crippen LogP contribution in [0.15, 0.2) is 29.7 Å². The molecule has 1 amide bonds. The summed E-state index contributed by atoms with van der Waals surface area (Å²) in [6, 6.07) is 3.81. The van der Waals surface area contributed by atoms with Gasteiger partial charge in [-0.15, -0.1) is 10.2 Å². The highest BCUT2D eigenvalue weighted by atomic mass is 35.5. The lowest BCUT2D eigenvalue weighted by atomic mass is 10.3. The third-order valence-electron chi connectivity index (χ3n) is 2.51. The molecule has 5 nitrogen and oxygen atoms in total. The van der Waals surface area contributed by atoms with Crippen LogP contribution in [0.5, 0.6) is 0 Å². The second kappa shape index (κ2) is 6.23. The van der Waals surface area contributed by atoms with E-state index in [2.05, 4.69) is 15.5 Å². The summed E-state index contributed by atoms with van der Waals surface area (Å²) >= 11 is 7.13. The maximum absolute atomic E-state index is 12.9. The summed E-state index contributed by atoms with van der Waals surface area (Å²) in [6.07, 6.45) is 1.56. The van der Waals surface area contributed by atoms with Crippen molar-refractivity contribution >= 4 is 35.0 Å². The molecule has 1 atom stereocenters. The molecule has 8 heteroatoms. The van der Waals surface area contributed by atoms with Crippen molar-refractivity contribution in [3.63, 3.8) is 0 Å². The van der Waals surface area contributed by atoms with E-state index in [0.29, 0.717) is 10.8 Å². The summed E-state index contributed by atoms with van der Waals surface area (Å²) in [4.78, 5) is 12.0. The molecule has 2 rings (SSSR count). The molecular weight excluding hydrogens is 303 g/mol. The summed E-state index contributed by atoms with van der Waals surface area (Å²) in [5, 5.41) is 10.7. The van der Waals surface area contributed by atoms with Gasteiger partial charge in [0.25, 0.3) is 0 Å². The Hall–Kier alpha value is -1.60. The number of aromatic nitrogens is 3. The normalized spacial score (nSPS) is 12.2. The molecule has 0 radical (unpaired) electrons. The lowest BCUT2D eigenvalue weighted by Gasteiger charge is -2.12. The molecule has 0 fully saturated rings. The first kappa shape index (κ1) is 14.8. The highest BCUT2D eigenvalue weighted by Crippen LogP contribution is 2.25. The maximum atomic E-state index is 12.9. The number of nitrogens with one attached hydrogen (secondary N) is 1. The Morgan fingerprint density at radius 2 is 2.30 bits per heavy atom. The Bertz CT molecular complexity index is 634. The molecule has 0 saturated heterocycles. The number of hydrogen-bond acceptors (Lipinski definition) is 4. The number of aryl methyl sites for hydroxylation is 1. The van der Waals surface area contributed by atoms with Crippen LogP contribution in [0.1, 0.15) is 6.92 Å². The van der Waals surface area contributed by atoms with Crippen molar-refractivity contribution in [2.75, 3.05) is 5.32 Å². The molecule has 1 aromatic carbocycles. The number of nitrogens with zero attached hydrogens (tertiary/aromatic N) is 3. The second-order valence-electron chi connectivity index (χ2n) is 4.10. The Morgan fingerprint density at radius 3 is 2.90 bits per heavy atom. The number of amides is 1. The van der Waals surface area contributed by atoms with Crippen LogP contribution in [0.2, 0.25) is 5.02 Å². The van der Waals surface area contributed by atoms with E-state index < -0.39 is 5.82 Å². The minimum Gasteiger partial charge on any atom is -0.324 e. The fourth-order valence-corrected chi connectivity index (χ4v) is 2.42. The van der Waals surface area contributed by atoms with Crippen LogP contribution in [0.3, 0.4) is 0 Å². The molecular formula is C12H12ClFN4OS. The number of hydrogen-bond donors (Lipinski definition) is 1. The van der Waals surface area contributed by atoms with E-state index in [1.165, 1.54) is 23.9 Å². The third kappa shape index (κ3) is 3.49. The minimum absolute atomic E-state index is 0.161. The number of carbonyl (C=O) groups is 1. The Kier molecular flexibility index (Phi) is 4.61. The van der Waals surface area contributed by atoms with Crippen molar-refractivity contribution in [3.8, 4) is 0 Å². The van der Waals surface area contributed by atoms with Gasteiger partial charge in [-0.1, -0.05) is 23.4 Å². The SMILES string of the molecule is C[C@H](Sc1nncn1C)C(=O)Nc1ccc(F)cc1Cl. The van der Waals surface area contributed by atoms with Crippen LogP contribution in [0.4, 0.5) is 10.1 Å². The van der Waals surface area contributed by atoms with Crippen molar-refractivity contribution in [2.24, 2.45) is 7.05 Å². The molecule has 0 unspecified atom stereocenters. The van der Waals surface area contributed by atoms with E-state index in [0.717, 1.165) is 6.07 Å². The van der Waals surface area contributed by atoms with E-state index in [1.807, 2.05) is 0 Å². The first-order valence-electron chi connectivity index (χ1n) is 5.74. The number of anilines is 1. The second-order valence-corrected chi connectivity index (χ2v) is 5.81. The zero-order chi connectivity index (χ0) is 14.7. The van der Waals surface area contributed by atoms with Crippen LogP contribution in [-0.2, 0) is 11.8 Å². The summed E-state index contributed by atoms with van der Waals surface area (Å²) in [5.41, 5.74) is 0.378. The van der Waals surface area contributed by atoms with E-state index in [9.17, 15) is 9.18 Å². The molecule has 1 N–H and O–H groups in total. The predicted molar refractivity (Wildman–Crippen MR) is 76.4 cm³/mol. The van der Waals surface area contributed by atoms with Crippen molar-refractivity contribution < 1.29 is 9.18 Å². The Balaban J connectivity index is 2.02. The zero-order valence-corrected chi connectivity index (χ0v) is 12.4. The minimum atomic E-state index is -0.450. The van der Waals surface area contributed by atoms with Crippen LogP contribution in [0, 0.1) is 5.82 Å². The average molecular weight is 315 g/mol. The lowest BCUT2D eigenvalue weighted by Crippen LogP contribution is -2.23. The quantitative estimate of drug-likeness (QED) is 0.882. The summed E-state index contributed by atoms with van der Waals surface area (Å²) in [5.74, 6) is -0.694. The maximum Gasteiger partial charge on any atom is 0.237 e. The van der Waals surface area contributed by atoms with Crippen LogP contribution >= 0.6 is 23.4 Å². The summed E-state index contributed by atoms with van der Waals surface area (Å²) in [6.45, 7) is 1.74. The van der Waals surface area contributed by atoms with E-state index >= 15 is 0 Å². The Morgan fingerprint density at radius 1 is 1.55 bits per heavy atom. The van der Waals surface area contributed by atoms with Crippen LogP contribution in [-0.4, -0.2) is 25.9 Å². The molecule has 0 aliphatic rings. The molecule has 20 heavy (non-hydrogen) atoms. The lowest BCUT2D eigenvalue weighted by molar-refractivity contribution is -0.115. The first-order valence-corrected chi connectivity index (χ1v) is 6.99. The van der Waals surface area contributed by atoms with Crippen molar-refractivity contribution in [2.45, 2.75) is 17.3 Å². The van der Waals surface area contributed by atoms with Gasteiger partial charge in [0.05, 0.1) is 16.0 Å². The van der Waals surface area contributed by atoms with Crippen LogP contribution in [0.25, 0.3) is 0 Å². The van der Waals surface area contributed by atoms with Gasteiger partial charge in [-0.2, -0.15) is 0 Å². The zero-order valence-electron chi connectivity index (χ0n) is 10.8. The monoisotopic (exact) mass is 314 g/mol. The standard InChI is InChI=1S/C12H12ClFN4OS/c1-7(20-12-17-15-6-18(12)2)11(19)16-10-4-3-8(14)5-9(10)13/h3-7H,1-2H3,(H,16,19)/t7-/m0/s1. The number of thioether (sulfide) groups is 1. The number of halogens is 2. The van der Waals surface area contributed by atoms with Gasteiger partial charge in [-0.05, 0) is 25.1 Å². The number of rotatable bonds is 4. The molecule has 0 aliphatic heterocycles. The van der Waals surface area contributed by atoms with Gasteiger partial charge in [0.1, 0.15) is 12.1 Å². The van der Waals surface area contributed by atoms with Crippen molar-refractivity contribution in [1.29, 1.82) is 0 Å². The molecule has 1 heterocycles. The molecule has 0 bridgehead atoms. The van der Waals surface area contributed by atoms with Gasteiger partial charge >= 0.3 is 0 Å². The molecule has 0 spiro atoms. The van der Waals surface area contributed by atoms with Gasteiger partial charge in [0, 0.05) is 7.05 Å². The van der Waals surface area contributed by atoms with Gasteiger partial charge in [-0.3, -0.25) is 4.79 Å². The topological polar surface area (TPSA) is 59.8 Å². The summed E-state index contributed by atoms with van der Waals surface area (Å²) < 4.78 is 14.6. The third-order valence-corrected chi connectivity index (χ3v) is 3.97. The fraction of sp³-hybridized carbons (Fsp3) is 0.250. The Labute approximate surface area is 124 Å². The van der Waals surface area contributed by atoms with Crippen molar-refractivity contribution in [3.05, 3.63) is 35.4 Å². The summed E-state index contributed by atoms with van der Waals surface area (Å²) in [7, 11) is 1.80. The first-order chi connectivity index (χ1) is 9.47. The average Bonchev–Trinajstić information content (AvgIpc) is 2.78. The predicted octanol–water partition coefficient (Wildman–Crippen LogP) is 2.73. The van der Waals surface area contributed by atoms with E-state index in [1.54, 1.807) is 24.9 Å². The molecule has 106 valence electrons. The van der Waals surface area contributed by atoms with Crippen molar-refractivity contribution in [1.82, 2.24) is 14.8 Å². The van der Waals surface area contributed by atoms with Gasteiger partial charge < -0.3 is 9.88 Å². The van der Waals surface area contributed by atoms with Gasteiger partial charge in [0.2, 0.25) is 5.91 Å². The van der Waals surface area contributed by atoms with E-state index in [-0.39, 0.29) is 16.2 Å².